The molecule has 1 saturated heterocycles. The number of fused-ring (bicyclic) bond motifs is 1. The van der Waals surface area contributed by atoms with Crippen molar-refractivity contribution in [3.05, 3.63) is 23.8 Å². The number of benzene rings is 1. The van der Waals surface area contributed by atoms with Crippen LogP contribution in [-0.4, -0.2) is 50.2 Å². The summed E-state index contributed by atoms with van der Waals surface area (Å²) >= 11 is 0. The fraction of sp³-hybridized carbons (Fsp3) is 0.636. The number of sulfonamides is 1. The van der Waals surface area contributed by atoms with E-state index < -0.39 is 10.0 Å². The molecule has 1 fully saturated rings. The van der Waals surface area contributed by atoms with Crippen LogP contribution < -0.4 is 10.2 Å². The molecule has 30 heavy (non-hydrogen) atoms. The van der Waals surface area contributed by atoms with E-state index in [1.54, 1.807) is 23.1 Å². The summed E-state index contributed by atoms with van der Waals surface area (Å²) in [4.78, 5) is 26.3. The van der Waals surface area contributed by atoms with Crippen LogP contribution in [0.1, 0.15) is 52.5 Å². The lowest BCUT2D eigenvalue weighted by Crippen LogP contribution is -2.45. The van der Waals surface area contributed by atoms with E-state index in [4.69, 9.17) is 0 Å². The molecule has 0 aliphatic carbocycles. The zero-order valence-corrected chi connectivity index (χ0v) is 19.2. The Kier molecular flexibility index (Phi) is 6.87. The van der Waals surface area contributed by atoms with Gasteiger partial charge >= 0.3 is 0 Å². The summed E-state index contributed by atoms with van der Waals surface area (Å²) in [6, 6.07) is 5.15. The summed E-state index contributed by atoms with van der Waals surface area (Å²) in [5.74, 6) is 0.202. The van der Waals surface area contributed by atoms with E-state index in [0.29, 0.717) is 38.4 Å². The molecule has 0 radical (unpaired) electrons. The van der Waals surface area contributed by atoms with Gasteiger partial charge in [0.2, 0.25) is 21.8 Å². The number of hydrogen-bond donors (Lipinski definition) is 1. The van der Waals surface area contributed by atoms with Gasteiger partial charge in [-0.25, -0.2) is 8.42 Å². The summed E-state index contributed by atoms with van der Waals surface area (Å²) < 4.78 is 27.8. The van der Waals surface area contributed by atoms with Gasteiger partial charge in [0.1, 0.15) is 0 Å². The summed E-state index contributed by atoms with van der Waals surface area (Å²) in [6.07, 6.45) is 2.64. The average Bonchev–Trinajstić information content (AvgIpc) is 2.72. The normalized spacial score (nSPS) is 19.4. The molecule has 2 heterocycles. The first-order valence-electron chi connectivity index (χ1n) is 10.8. The zero-order chi connectivity index (χ0) is 22.1. The summed E-state index contributed by atoms with van der Waals surface area (Å²) in [5, 5.41) is 3.04. The second-order valence-electron chi connectivity index (χ2n) is 8.78. The number of anilines is 1. The van der Waals surface area contributed by atoms with Gasteiger partial charge in [0, 0.05) is 44.2 Å². The third-order valence-corrected chi connectivity index (χ3v) is 8.28. The number of piperidine rings is 1. The number of hydrogen-bond acceptors (Lipinski definition) is 4. The minimum atomic E-state index is -3.62. The van der Waals surface area contributed by atoms with Crippen LogP contribution in [0.5, 0.6) is 0 Å². The van der Waals surface area contributed by atoms with E-state index in [1.165, 1.54) is 11.2 Å². The van der Waals surface area contributed by atoms with E-state index in [2.05, 4.69) is 19.2 Å². The van der Waals surface area contributed by atoms with Crippen molar-refractivity contribution in [1.82, 2.24) is 9.62 Å². The van der Waals surface area contributed by atoms with Gasteiger partial charge in [-0.2, -0.15) is 4.31 Å². The monoisotopic (exact) mass is 435 g/mol. The van der Waals surface area contributed by atoms with Crippen LogP contribution in [0.2, 0.25) is 0 Å². The van der Waals surface area contributed by atoms with Crippen molar-refractivity contribution in [2.75, 3.05) is 24.5 Å². The number of rotatable bonds is 5. The molecular formula is C22H33N3O4S. The van der Waals surface area contributed by atoms with E-state index in [0.717, 1.165) is 24.1 Å². The average molecular weight is 436 g/mol. The Hall–Kier alpha value is -1.93. The highest BCUT2D eigenvalue weighted by molar-refractivity contribution is 7.89. The quantitative estimate of drug-likeness (QED) is 0.770. The van der Waals surface area contributed by atoms with Gasteiger partial charge in [0.05, 0.1) is 4.90 Å². The standard InChI is InChI=1S/C22H33N3O4S/c1-15(2)16(3)23-22(27)18-9-12-24(13-10-18)30(28,29)20-7-8-21-19(14-20)6-5-11-25(21)17(4)26/h7-8,14-16,18H,5-6,9-13H2,1-4H3,(H,23,27). The zero-order valence-electron chi connectivity index (χ0n) is 18.3. The summed E-state index contributed by atoms with van der Waals surface area (Å²) in [5.41, 5.74) is 1.71. The van der Waals surface area contributed by atoms with Crippen molar-refractivity contribution in [2.24, 2.45) is 11.8 Å². The van der Waals surface area contributed by atoms with Crippen LogP contribution in [0.4, 0.5) is 5.69 Å². The Labute approximate surface area is 179 Å². The molecule has 8 heteroatoms. The van der Waals surface area contributed by atoms with Crippen molar-refractivity contribution < 1.29 is 18.0 Å². The lowest BCUT2D eigenvalue weighted by molar-refractivity contribution is -0.127. The van der Waals surface area contributed by atoms with Gasteiger partial charge in [0.15, 0.2) is 0 Å². The number of amides is 2. The van der Waals surface area contributed by atoms with Crippen molar-refractivity contribution in [3.8, 4) is 0 Å². The van der Waals surface area contributed by atoms with Gasteiger partial charge in [-0.3, -0.25) is 9.59 Å². The van der Waals surface area contributed by atoms with Crippen LogP contribution in [0.25, 0.3) is 0 Å². The SMILES string of the molecule is CC(=O)N1CCCc2cc(S(=O)(=O)N3CCC(C(=O)NC(C)C(C)C)CC3)ccc21. The number of nitrogens with zero attached hydrogens (tertiary/aromatic N) is 2. The minimum Gasteiger partial charge on any atom is -0.353 e. The van der Waals surface area contributed by atoms with Crippen molar-refractivity contribution in [1.29, 1.82) is 0 Å². The maximum Gasteiger partial charge on any atom is 0.243 e. The third-order valence-electron chi connectivity index (χ3n) is 6.38. The predicted octanol–water partition coefficient (Wildman–Crippen LogP) is 2.55. The molecule has 2 aliphatic heterocycles. The summed E-state index contributed by atoms with van der Waals surface area (Å²) in [7, 11) is -3.62. The first kappa shape index (κ1) is 22.7. The number of carbonyl (C=O) groups excluding carboxylic acids is 2. The number of carbonyl (C=O) groups is 2. The molecule has 0 saturated carbocycles. The number of aryl methyl sites for hydroxylation is 1. The maximum absolute atomic E-state index is 13.2. The smallest absolute Gasteiger partial charge is 0.243 e. The first-order chi connectivity index (χ1) is 14.1. The van der Waals surface area contributed by atoms with Crippen molar-refractivity contribution in [3.63, 3.8) is 0 Å². The van der Waals surface area contributed by atoms with Gasteiger partial charge in [-0.1, -0.05) is 13.8 Å². The molecule has 1 atom stereocenters. The molecular weight excluding hydrogens is 402 g/mol. The Morgan fingerprint density at radius 1 is 1.10 bits per heavy atom. The Morgan fingerprint density at radius 2 is 1.77 bits per heavy atom. The van der Waals surface area contributed by atoms with Gasteiger partial charge in [-0.05, 0) is 62.3 Å². The van der Waals surface area contributed by atoms with Crippen LogP contribution >= 0.6 is 0 Å². The fourth-order valence-corrected chi connectivity index (χ4v) is 5.60. The Balaban J connectivity index is 1.69. The molecule has 1 N–H and O–H groups in total. The molecule has 0 aromatic heterocycles. The molecule has 1 aromatic rings. The van der Waals surface area contributed by atoms with Crippen molar-refractivity contribution in [2.45, 2.75) is 64.3 Å². The molecule has 166 valence electrons. The second kappa shape index (κ2) is 9.06. The lowest BCUT2D eigenvalue weighted by atomic mass is 9.96. The van der Waals surface area contributed by atoms with E-state index in [9.17, 15) is 18.0 Å². The van der Waals surface area contributed by atoms with Gasteiger partial charge in [0.25, 0.3) is 0 Å². The fourth-order valence-electron chi connectivity index (χ4n) is 4.08. The highest BCUT2D eigenvalue weighted by atomic mass is 32.2. The maximum atomic E-state index is 13.2. The Morgan fingerprint density at radius 3 is 2.37 bits per heavy atom. The largest absolute Gasteiger partial charge is 0.353 e. The van der Waals surface area contributed by atoms with E-state index in [1.807, 2.05) is 6.92 Å². The third kappa shape index (κ3) is 4.70. The molecule has 1 aromatic carbocycles. The molecule has 7 nitrogen and oxygen atoms in total. The first-order valence-corrected chi connectivity index (χ1v) is 12.3. The molecule has 0 bridgehead atoms. The van der Waals surface area contributed by atoms with E-state index >= 15 is 0 Å². The molecule has 0 spiro atoms. The highest BCUT2D eigenvalue weighted by Crippen LogP contribution is 2.31. The number of nitrogens with one attached hydrogen (secondary N) is 1. The van der Waals surface area contributed by atoms with Crippen LogP contribution in [-0.2, 0) is 26.0 Å². The van der Waals surface area contributed by atoms with Gasteiger partial charge in [-0.15, -0.1) is 0 Å². The molecule has 3 rings (SSSR count). The predicted molar refractivity (Wildman–Crippen MR) is 117 cm³/mol. The minimum absolute atomic E-state index is 0.0198. The molecule has 2 aliphatic rings. The lowest BCUT2D eigenvalue weighted by Gasteiger charge is -2.32. The van der Waals surface area contributed by atoms with Gasteiger partial charge < -0.3 is 10.2 Å². The summed E-state index contributed by atoms with van der Waals surface area (Å²) in [6.45, 7) is 9.00. The molecule has 1 unspecified atom stereocenters. The molecule has 2 amide bonds. The van der Waals surface area contributed by atoms with Crippen LogP contribution in [0.15, 0.2) is 23.1 Å². The second-order valence-corrected chi connectivity index (χ2v) is 10.7. The van der Waals surface area contributed by atoms with Crippen LogP contribution in [0.3, 0.4) is 0 Å². The van der Waals surface area contributed by atoms with Crippen molar-refractivity contribution >= 4 is 27.5 Å². The van der Waals surface area contributed by atoms with E-state index in [-0.39, 0.29) is 28.7 Å². The van der Waals surface area contributed by atoms with Crippen LogP contribution in [0, 0.1) is 11.8 Å². The highest BCUT2D eigenvalue weighted by Gasteiger charge is 2.33. The topological polar surface area (TPSA) is 86.8 Å². The Bertz CT molecular complexity index is 905.